The third-order valence-electron chi connectivity index (χ3n) is 12.1. The molecule has 0 aromatic rings. The van der Waals surface area contributed by atoms with Crippen molar-refractivity contribution in [3.05, 3.63) is 24.3 Å². The van der Waals surface area contributed by atoms with Gasteiger partial charge in [0.15, 0.2) is 0 Å². The summed E-state index contributed by atoms with van der Waals surface area (Å²) in [4.78, 5) is 24.3. The molecule has 6 unspecified atom stereocenters. The van der Waals surface area contributed by atoms with E-state index in [9.17, 15) is 19.8 Å². The molecule has 4 aliphatic carbocycles. The van der Waals surface area contributed by atoms with Gasteiger partial charge in [-0.05, 0) is 83.9 Å². The maximum Gasteiger partial charge on any atom is 0.333 e. The number of carboxylic acid groups (broad SMARTS) is 2. The summed E-state index contributed by atoms with van der Waals surface area (Å²) in [5, 5.41) is 19.9. The van der Waals surface area contributed by atoms with E-state index in [1.54, 1.807) is 0 Å². The van der Waals surface area contributed by atoms with Crippen molar-refractivity contribution in [3.8, 4) is 0 Å². The number of carboxylic acids is 2. The van der Waals surface area contributed by atoms with E-state index in [2.05, 4.69) is 54.7 Å². The Hall–Kier alpha value is -1.62. The molecule has 4 saturated carbocycles. The highest BCUT2D eigenvalue weighted by molar-refractivity contribution is 5.89. The smallest absolute Gasteiger partial charge is 0.333 e. The lowest BCUT2D eigenvalue weighted by Gasteiger charge is -2.56. The number of rotatable bonds is 8. The minimum Gasteiger partial charge on any atom is -0.478 e. The van der Waals surface area contributed by atoms with Crippen molar-refractivity contribution in [1.29, 1.82) is 0 Å². The summed E-state index contributed by atoms with van der Waals surface area (Å²) in [7, 11) is 0. The van der Waals surface area contributed by atoms with Gasteiger partial charge in [-0.3, -0.25) is 0 Å². The van der Waals surface area contributed by atoms with E-state index < -0.39 is 17.5 Å². The SMILES string of the molecule is C=C(COC(C(=C)C(=O)O)(C1CC2CCC1(C)C2(C)C)C1CC2CCC1(C)C2(C)C)C(=O)O. The second-order valence-corrected chi connectivity index (χ2v) is 13.1. The van der Waals surface area contributed by atoms with Gasteiger partial charge in [-0.25, -0.2) is 9.59 Å². The number of hydrogen-bond donors (Lipinski definition) is 2. The molecule has 0 aliphatic heterocycles. The summed E-state index contributed by atoms with van der Waals surface area (Å²) in [5.74, 6) is -1.20. The van der Waals surface area contributed by atoms with Crippen LogP contribution in [0, 0.1) is 45.3 Å². The standard InChI is InChI=1S/C28H42O5/c1-16(22(29)30)15-33-28(17(2)23(31)32,20-13-18-9-11-26(20,7)24(18,3)4)21-14-19-10-12-27(21,8)25(19,5)6/h18-21H,1-2,9-15H2,3-8H3,(H,29,30)(H,31,32). The number of fused-ring (bicyclic) bond motifs is 4. The molecular formula is C28H42O5. The van der Waals surface area contributed by atoms with Gasteiger partial charge in [-0.1, -0.05) is 54.7 Å². The number of hydrogen-bond acceptors (Lipinski definition) is 3. The lowest BCUT2D eigenvalue weighted by molar-refractivity contribution is -0.172. The van der Waals surface area contributed by atoms with E-state index in [4.69, 9.17) is 4.74 Å². The first-order valence-electron chi connectivity index (χ1n) is 12.5. The summed E-state index contributed by atoms with van der Waals surface area (Å²) < 4.78 is 6.71. The fourth-order valence-corrected chi connectivity index (χ4v) is 9.09. The zero-order valence-corrected chi connectivity index (χ0v) is 21.3. The van der Waals surface area contributed by atoms with Crippen LogP contribution in [0.5, 0.6) is 0 Å². The van der Waals surface area contributed by atoms with Crippen molar-refractivity contribution in [1.82, 2.24) is 0 Å². The number of aliphatic carboxylic acids is 2. The molecule has 0 aromatic carbocycles. The minimum atomic E-state index is -1.12. The molecule has 0 radical (unpaired) electrons. The summed E-state index contributed by atoms with van der Waals surface area (Å²) in [6, 6.07) is 0. The van der Waals surface area contributed by atoms with Crippen LogP contribution in [0.25, 0.3) is 0 Å². The van der Waals surface area contributed by atoms with Gasteiger partial charge in [-0.15, -0.1) is 0 Å². The van der Waals surface area contributed by atoms with Crippen molar-refractivity contribution in [2.45, 2.75) is 85.7 Å². The minimum absolute atomic E-state index is 0.0269. The van der Waals surface area contributed by atoms with Crippen LogP contribution in [0.3, 0.4) is 0 Å². The van der Waals surface area contributed by atoms with Crippen LogP contribution in [0.4, 0.5) is 0 Å². The van der Waals surface area contributed by atoms with Gasteiger partial charge in [0, 0.05) is 0 Å². The molecule has 6 atom stereocenters. The molecule has 5 nitrogen and oxygen atoms in total. The largest absolute Gasteiger partial charge is 0.478 e. The highest BCUT2D eigenvalue weighted by Gasteiger charge is 2.74. The first-order chi connectivity index (χ1) is 15.1. The number of carbonyl (C=O) groups is 2. The Morgan fingerprint density at radius 3 is 1.55 bits per heavy atom. The average molecular weight is 459 g/mol. The second kappa shape index (κ2) is 7.19. The fraction of sp³-hybridized carbons (Fsp3) is 0.786. The summed E-state index contributed by atoms with van der Waals surface area (Å²) in [6.07, 6.45) is 6.15. The summed E-state index contributed by atoms with van der Waals surface area (Å²) >= 11 is 0. The van der Waals surface area contributed by atoms with Crippen LogP contribution in [-0.2, 0) is 14.3 Å². The Balaban J connectivity index is 1.91. The van der Waals surface area contributed by atoms with Gasteiger partial charge < -0.3 is 14.9 Å². The first-order valence-corrected chi connectivity index (χ1v) is 12.5. The Kier molecular flexibility index (Phi) is 5.34. The van der Waals surface area contributed by atoms with Crippen LogP contribution < -0.4 is 0 Å². The van der Waals surface area contributed by atoms with Crippen molar-refractivity contribution in [2.75, 3.05) is 6.61 Å². The zero-order chi connectivity index (χ0) is 24.8. The normalized spacial score (nSPS) is 41.6. The van der Waals surface area contributed by atoms with Crippen LogP contribution in [0.15, 0.2) is 24.3 Å². The van der Waals surface area contributed by atoms with Gasteiger partial charge in [0.25, 0.3) is 0 Å². The van der Waals surface area contributed by atoms with Crippen molar-refractivity contribution in [2.24, 2.45) is 45.3 Å². The monoisotopic (exact) mass is 458 g/mol. The van der Waals surface area contributed by atoms with Crippen molar-refractivity contribution in [3.63, 3.8) is 0 Å². The number of ether oxygens (including phenoxy) is 1. The Labute approximate surface area is 198 Å². The Morgan fingerprint density at radius 1 is 0.848 bits per heavy atom. The summed E-state index contributed by atoms with van der Waals surface area (Å²) in [6.45, 7) is 21.6. The quantitative estimate of drug-likeness (QED) is 0.439. The molecule has 4 aliphatic rings. The van der Waals surface area contributed by atoms with Crippen LogP contribution in [-0.4, -0.2) is 34.4 Å². The second-order valence-electron chi connectivity index (χ2n) is 13.1. The molecule has 4 rings (SSSR count). The molecule has 184 valence electrons. The molecule has 0 heterocycles. The maximum absolute atomic E-state index is 12.7. The first kappa shape index (κ1) is 24.5. The van der Waals surface area contributed by atoms with Gasteiger partial charge in [0.1, 0.15) is 5.60 Å². The third kappa shape index (κ3) is 2.87. The van der Waals surface area contributed by atoms with E-state index in [0.29, 0.717) is 11.8 Å². The van der Waals surface area contributed by atoms with Gasteiger partial charge in [-0.2, -0.15) is 0 Å². The highest BCUT2D eigenvalue weighted by atomic mass is 16.5. The maximum atomic E-state index is 12.7. The molecule has 0 saturated heterocycles. The molecule has 4 fully saturated rings. The Bertz CT molecular complexity index is 869. The third-order valence-corrected chi connectivity index (χ3v) is 12.1. The highest BCUT2D eigenvalue weighted by Crippen LogP contribution is 2.77. The van der Waals surface area contributed by atoms with Crippen LogP contribution in [0.1, 0.15) is 80.1 Å². The summed E-state index contributed by atoms with van der Waals surface area (Å²) in [5.41, 5.74) is -1.16. The molecule has 4 bridgehead atoms. The van der Waals surface area contributed by atoms with E-state index in [1.165, 1.54) is 0 Å². The molecule has 0 amide bonds. The molecule has 0 aromatic heterocycles. The van der Waals surface area contributed by atoms with Gasteiger partial charge in [0.2, 0.25) is 0 Å². The molecule has 5 heteroatoms. The zero-order valence-electron chi connectivity index (χ0n) is 21.3. The topological polar surface area (TPSA) is 83.8 Å². The fourth-order valence-electron chi connectivity index (χ4n) is 9.09. The van der Waals surface area contributed by atoms with E-state index in [1.807, 2.05) is 0 Å². The van der Waals surface area contributed by atoms with E-state index in [-0.39, 0.29) is 51.2 Å². The van der Waals surface area contributed by atoms with Crippen molar-refractivity contribution < 1.29 is 24.5 Å². The molecule has 0 spiro atoms. The van der Waals surface area contributed by atoms with Crippen LogP contribution >= 0.6 is 0 Å². The molecular weight excluding hydrogens is 416 g/mol. The van der Waals surface area contributed by atoms with Gasteiger partial charge in [0.05, 0.1) is 17.8 Å². The van der Waals surface area contributed by atoms with Gasteiger partial charge >= 0.3 is 11.9 Å². The van der Waals surface area contributed by atoms with E-state index in [0.717, 1.165) is 38.5 Å². The predicted molar refractivity (Wildman–Crippen MR) is 128 cm³/mol. The Morgan fingerprint density at radius 2 is 1.27 bits per heavy atom. The molecule has 33 heavy (non-hydrogen) atoms. The molecule has 2 N–H and O–H groups in total. The van der Waals surface area contributed by atoms with Crippen molar-refractivity contribution >= 4 is 11.9 Å². The van der Waals surface area contributed by atoms with Crippen LogP contribution in [0.2, 0.25) is 0 Å². The predicted octanol–water partition coefficient (Wildman–Crippen LogP) is 5.95. The lowest BCUT2D eigenvalue weighted by Crippen LogP contribution is -2.60. The average Bonchev–Trinajstić information content (AvgIpc) is 3.25. The van der Waals surface area contributed by atoms with E-state index >= 15 is 0 Å². The lowest BCUT2D eigenvalue weighted by atomic mass is 9.52.